The van der Waals surface area contributed by atoms with E-state index in [1.807, 2.05) is 25.3 Å². The van der Waals surface area contributed by atoms with E-state index in [9.17, 15) is 0 Å². The molecule has 0 spiro atoms. The van der Waals surface area contributed by atoms with Crippen LogP contribution in [0.2, 0.25) is 0 Å². The summed E-state index contributed by atoms with van der Waals surface area (Å²) in [5.41, 5.74) is 1.16. The van der Waals surface area contributed by atoms with E-state index in [0.29, 0.717) is 0 Å². The van der Waals surface area contributed by atoms with Crippen molar-refractivity contribution in [2.45, 2.75) is 19.4 Å². The van der Waals surface area contributed by atoms with Crippen LogP contribution >= 0.6 is 0 Å². The average Bonchev–Trinajstić information content (AvgIpc) is 2.46. The Bertz CT molecular complexity index is 390. The van der Waals surface area contributed by atoms with Crippen molar-refractivity contribution in [3.05, 3.63) is 30.1 Å². The predicted octanol–water partition coefficient (Wildman–Crippen LogP) is 1.15. The van der Waals surface area contributed by atoms with E-state index in [4.69, 9.17) is 5.26 Å². The van der Waals surface area contributed by atoms with Crippen LogP contribution in [0.15, 0.2) is 24.4 Å². The zero-order valence-corrected chi connectivity index (χ0v) is 10.9. The molecule has 0 N–H and O–H groups in total. The van der Waals surface area contributed by atoms with Crippen molar-refractivity contribution in [1.29, 1.82) is 5.26 Å². The molecule has 0 bridgehead atoms. The van der Waals surface area contributed by atoms with Crippen LogP contribution < -0.4 is 0 Å². The Morgan fingerprint density at radius 1 is 1.33 bits per heavy atom. The minimum Gasteiger partial charge on any atom is -0.300 e. The Labute approximate surface area is 109 Å². The first-order valence-corrected chi connectivity index (χ1v) is 6.55. The van der Waals surface area contributed by atoms with E-state index in [0.717, 1.165) is 44.8 Å². The summed E-state index contributed by atoms with van der Waals surface area (Å²) in [6.45, 7) is 7.14. The van der Waals surface area contributed by atoms with Crippen LogP contribution in [0.5, 0.6) is 0 Å². The zero-order chi connectivity index (χ0) is 12.8. The molecule has 0 radical (unpaired) electrons. The second-order valence-corrected chi connectivity index (χ2v) is 4.75. The van der Waals surface area contributed by atoms with Crippen LogP contribution in [0, 0.1) is 11.3 Å². The second kappa shape index (κ2) is 6.48. The van der Waals surface area contributed by atoms with E-state index in [1.165, 1.54) is 0 Å². The lowest BCUT2D eigenvalue weighted by Crippen LogP contribution is -2.49. The van der Waals surface area contributed by atoms with E-state index in [-0.39, 0.29) is 6.04 Å². The minimum absolute atomic E-state index is 0.0444. The molecule has 96 valence electrons. The first-order chi connectivity index (χ1) is 8.79. The van der Waals surface area contributed by atoms with Gasteiger partial charge in [-0.1, -0.05) is 6.07 Å². The molecule has 2 heterocycles. The number of nitrogens with zero attached hydrogens (tertiary/aromatic N) is 4. The fourth-order valence-electron chi connectivity index (χ4n) is 2.27. The SMILES string of the molecule is CC(C#N)N1CCN(CCc2ccccn2)CC1. The highest BCUT2D eigenvalue weighted by Crippen LogP contribution is 2.06. The largest absolute Gasteiger partial charge is 0.300 e. The molecule has 0 aromatic carbocycles. The van der Waals surface area contributed by atoms with Gasteiger partial charge in [0.2, 0.25) is 0 Å². The van der Waals surface area contributed by atoms with Gasteiger partial charge in [-0.25, -0.2) is 0 Å². The first-order valence-electron chi connectivity index (χ1n) is 6.55. The molecule has 1 aromatic heterocycles. The molecule has 1 aliphatic heterocycles. The summed E-state index contributed by atoms with van der Waals surface area (Å²) in [6.07, 6.45) is 2.86. The van der Waals surface area contributed by atoms with Crippen molar-refractivity contribution in [2.24, 2.45) is 0 Å². The summed E-state index contributed by atoms with van der Waals surface area (Å²) < 4.78 is 0. The predicted molar refractivity (Wildman–Crippen MR) is 71.0 cm³/mol. The van der Waals surface area contributed by atoms with Crippen LogP contribution in [0.25, 0.3) is 0 Å². The number of piperazine rings is 1. The Kier molecular flexibility index (Phi) is 4.68. The maximum atomic E-state index is 8.89. The van der Waals surface area contributed by atoms with Crippen LogP contribution in [0.4, 0.5) is 0 Å². The number of aromatic nitrogens is 1. The van der Waals surface area contributed by atoms with E-state index in [1.54, 1.807) is 0 Å². The third-order valence-electron chi connectivity index (χ3n) is 3.55. The van der Waals surface area contributed by atoms with Gasteiger partial charge in [-0.3, -0.25) is 9.88 Å². The zero-order valence-electron chi connectivity index (χ0n) is 10.9. The van der Waals surface area contributed by atoms with E-state index in [2.05, 4.69) is 26.9 Å². The van der Waals surface area contributed by atoms with Crippen LogP contribution in [-0.4, -0.2) is 53.5 Å². The Balaban J connectivity index is 1.73. The van der Waals surface area contributed by atoms with Gasteiger partial charge in [0.25, 0.3) is 0 Å². The molecular formula is C14H20N4. The van der Waals surface area contributed by atoms with Crippen molar-refractivity contribution in [3.63, 3.8) is 0 Å². The monoisotopic (exact) mass is 244 g/mol. The standard InChI is InChI=1S/C14H20N4/c1-13(12-15)18-10-8-17(9-11-18)7-5-14-4-2-3-6-16-14/h2-4,6,13H,5,7-11H2,1H3. The molecule has 1 atom stereocenters. The first kappa shape index (κ1) is 13.0. The highest BCUT2D eigenvalue weighted by atomic mass is 15.3. The van der Waals surface area contributed by atoms with Gasteiger partial charge in [-0.2, -0.15) is 5.26 Å². The second-order valence-electron chi connectivity index (χ2n) is 4.75. The number of hydrogen-bond donors (Lipinski definition) is 0. The van der Waals surface area contributed by atoms with Gasteiger partial charge in [0, 0.05) is 51.0 Å². The maximum absolute atomic E-state index is 8.89. The van der Waals surface area contributed by atoms with Gasteiger partial charge in [0.15, 0.2) is 0 Å². The summed E-state index contributed by atoms with van der Waals surface area (Å²) in [4.78, 5) is 9.04. The van der Waals surface area contributed by atoms with Gasteiger partial charge < -0.3 is 4.90 Å². The normalized spacial score (nSPS) is 19.3. The molecule has 18 heavy (non-hydrogen) atoms. The summed E-state index contributed by atoms with van der Waals surface area (Å²) in [6, 6.07) is 8.41. The van der Waals surface area contributed by atoms with Gasteiger partial charge >= 0.3 is 0 Å². The summed E-state index contributed by atoms with van der Waals surface area (Å²) in [5, 5.41) is 8.89. The molecule has 1 unspecified atom stereocenters. The lowest BCUT2D eigenvalue weighted by molar-refractivity contribution is 0.120. The van der Waals surface area contributed by atoms with Crippen molar-refractivity contribution in [3.8, 4) is 6.07 Å². The number of rotatable bonds is 4. The van der Waals surface area contributed by atoms with Crippen LogP contribution in [0.3, 0.4) is 0 Å². The molecule has 4 heteroatoms. The van der Waals surface area contributed by atoms with Crippen molar-refractivity contribution < 1.29 is 0 Å². The number of nitriles is 1. The Hall–Kier alpha value is -1.44. The number of pyridine rings is 1. The lowest BCUT2D eigenvalue weighted by Gasteiger charge is -2.35. The summed E-state index contributed by atoms with van der Waals surface area (Å²) >= 11 is 0. The van der Waals surface area contributed by atoms with E-state index < -0.39 is 0 Å². The lowest BCUT2D eigenvalue weighted by atomic mass is 10.2. The van der Waals surface area contributed by atoms with Crippen LogP contribution in [0.1, 0.15) is 12.6 Å². The molecule has 1 saturated heterocycles. The van der Waals surface area contributed by atoms with Crippen molar-refractivity contribution in [2.75, 3.05) is 32.7 Å². The fraction of sp³-hybridized carbons (Fsp3) is 0.571. The van der Waals surface area contributed by atoms with Crippen molar-refractivity contribution in [1.82, 2.24) is 14.8 Å². The van der Waals surface area contributed by atoms with Gasteiger partial charge in [0.1, 0.15) is 0 Å². The smallest absolute Gasteiger partial charge is 0.0950 e. The van der Waals surface area contributed by atoms with E-state index >= 15 is 0 Å². The van der Waals surface area contributed by atoms with Gasteiger partial charge in [-0.05, 0) is 19.1 Å². The Morgan fingerprint density at radius 2 is 2.11 bits per heavy atom. The molecule has 0 saturated carbocycles. The molecule has 4 nitrogen and oxygen atoms in total. The van der Waals surface area contributed by atoms with Crippen molar-refractivity contribution >= 4 is 0 Å². The molecule has 1 aliphatic rings. The molecule has 0 amide bonds. The molecule has 2 rings (SSSR count). The quantitative estimate of drug-likeness (QED) is 0.797. The third-order valence-corrected chi connectivity index (χ3v) is 3.55. The van der Waals surface area contributed by atoms with Crippen LogP contribution in [-0.2, 0) is 6.42 Å². The molecule has 0 aliphatic carbocycles. The highest BCUT2D eigenvalue weighted by molar-refractivity contribution is 5.03. The molecular weight excluding hydrogens is 224 g/mol. The molecule has 1 fully saturated rings. The highest BCUT2D eigenvalue weighted by Gasteiger charge is 2.20. The Morgan fingerprint density at radius 3 is 2.72 bits per heavy atom. The summed E-state index contributed by atoms with van der Waals surface area (Å²) in [7, 11) is 0. The van der Waals surface area contributed by atoms with Gasteiger partial charge in [-0.15, -0.1) is 0 Å². The third kappa shape index (κ3) is 3.52. The summed E-state index contributed by atoms with van der Waals surface area (Å²) in [5.74, 6) is 0. The average molecular weight is 244 g/mol. The minimum atomic E-state index is 0.0444. The number of hydrogen-bond acceptors (Lipinski definition) is 4. The fourth-order valence-corrected chi connectivity index (χ4v) is 2.27. The topological polar surface area (TPSA) is 43.2 Å². The molecule has 1 aromatic rings. The maximum Gasteiger partial charge on any atom is 0.0950 e. The van der Waals surface area contributed by atoms with Gasteiger partial charge in [0.05, 0.1) is 12.1 Å².